The summed E-state index contributed by atoms with van der Waals surface area (Å²) in [6.45, 7) is 9.05. The second-order valence-corrected chi connectivity index (χ2v) is 7.89. The van der Waals surface area contributed by atoms with Gasteiger partial charge in [-0.05, 0) is 45.2 Å². The molecular formula is C19H27N3O2S. The van der Waals surface area contributed by atoms with Gasteiger partial charge in [0.1, 0.15) is 10.6 Å². The monoisotopic (exact) mass is 361 g/mol. The molecule has 136 valence electrons. The van der Waals surface area contributed by atoms with Crippen LogP contribution in [-0.2, 0) is 17.7 Å². The number of benzene rings is 1. The normalized spacial score (nSPS) is 12.6. The van der Waals surface area contributed by atoms with Gasteiger partial charge in [-0.2, -0.15) is 0 Å². The van der Waals surface area contributed by atoms with Gasteiger partial charge in [0.05, 0.1) is 6.04 Å². The number of carbonyl (C=O) groups excluding carboxylic acids is 1. The van der Waals surface area contributed by atoms with Crippen LogP contribution in [0.25, 0.3) is 0 Å². The van der Waals surface area contributed by atoms with Crippen LogP contribution < -0.4 is 10.6 Å². The zero-order valence-corrected chi connectivity index (χ0v) is 16.2. The topological polar surface area (TPSA) is 63.2 Å². The molecular weight excluding hydrogens is 334 g/mol. The maximum absolute atomic E-state index is 11.6. The van der Waals surface area contributed by atoms with Crippen molar-refractivity contribution in [2.24, 2.45) is 0 Å². The van der Waals surface area contributed by atoms with Crippen molar-refractivity contribution in [2.75, 3.05) is 6.54 Å². The molecule has 2 aromatic rings. The fourth-order valence-corrected chi connectivity index (χ4v) is 2.92. The summed E-state index contributed by atoms with van der Waals surface area (Å²) in [7, 11) is 0. The molecule has 1 heterocycles. The molecule has 25 heavy (non-hydrogen) atoms. The first-order valence-corrected chi connectivity index (χ1v) is 9.39. The molecule has 2 N–H and O–H groups in total. The third kappa shape index (κ3) is 7.23. The molecule has 0 aliphatic heterocycles. The van der Waals surface area contributed by atoms with E-state index in [4.69, 9.17) is 4.74 Å². The summed E-state index contributed by atoms with van der Waals surface area (Å²) >= 11 is 1.66. The van der Waals surface area contributed by atoms with Crippen LogP contribution in [0.1, 0.15) is 49.9 Å². The van der Waals surface area contributed by atoms with Gasteiger partial charge in [-0.1, -0.05) is 24.3 Å². The second kappa shape index (κ2) is 8.97. The van der Waals surface area contributed by atoms with E-state index in [-0.39, 0.29) is 12.1 Å². The molecule has 1 amide bonds. The zero-order chi connectivity index (χ0) is 18.3. The number of aromatic nitrogens is 1. The molecule has 0 bridgehead atoms. The van der Waals surface area contributed by atoms with Gasteiger partial charge in [-0.3, -0.25) is 0 Å². The van der Waals surface area contributed by atoms with Crippen molar-refractivity contribution in [3.8, 4) is 0 Å². The van der Waals surface area contributed by atoms with Gasteiger partial charge in [0.15, 0.2) is 0 Å². The highest BCUT2D eigenvalue weighted by Crippen LogP contribution is 2.15. The van der Waals surface area contributed by atoms with Crippen LogP contribution in [0.2, 0.25) is 0 Å². The first-order valence-electron chi connectivity index (χ1n) is 8.51. The minimum Gasteiger partial charge on any atom is -0.444 e. The van der Waals surface area contributed by atoms with Crippen LogP contribution in [0.5, 0.6) is 0 Å². The van der Waals surface area contributed by atoms with Crippen molar-refractivity contribution in [3.05, 3.63) is 52.0 Å². The van der Waals surface area contributed by atoms with Crippen molar-refractivity contribution in [1.29, 1.82) is 0 Å². The Morgan fingerprint density at radius 2 is 1.92 bits per heavy atom. The standard InChI is InChI=1S/C19H27N3O2S/c1-14(17-20-11-12-25-17)22-13-16-7-5-15(6-8-16)9-10-21-18(23)24-19(2,3)4/h5-8,11-12,14,22H,9-10,13H2,1-4H3,(H,21,23). The highest BCUT2D eigenvalue weighted by atomic mass is 32.1. The molecule has 0 aliphatic carbocycles. The van der Waals surface area contributed by atoms with Gasteiger partial charge >= 0.3 is 6.09 Å². The lowest BCUT2D eigenvalue weighted by molar-refractivity contribution is 0.0528. The van der Waals surface area contributed by atoms with E-state index in [2.05, 4.69) is 46.8 Å². The number of hydrogen-bond acceptors (Lipinski definition) is 5. The largest absolute Gasteiger partial charge is 0.444 e. The molecule has 0 fully saturated rings. The lowest BCUT2D eigenvalue weighted by atomic mass is 10.1. The Morgan fingerprint density at radius 1 is 1.24 bits per heavy atom. The van der Waals surface area contributed by atoms with Crippen LogP contribution in [0.3, 0.4) is 0 Å². The molecule has 6 heteroatoms. The highest BCUT2D eigenvalue weighted by molar-refractivity contribution is 7.09. The summed E-state index contributed by atoms with van der Waals surface area (Å²) in [6, 6.07) is 8.68. The summed E-state index contributed by atoms with van der Waals surface area (Å²) in [5.41, 5.74) is 1.95. The fourth-order valence-electron chi connectivity index (χ4n) is 2.25. The predicted molar refractivity (Wildman–Crippen MR) is 102 cm³/mol. The van der Waals surface area contributed by atoms with Crippen molar-refractivity contribution in [2.45, 2.75) is 52.3 Å². The van der Waals surface area contributed by atoms with E-state index < -0.39 is 5.60 Å². The number of nitrogens with zero attached hydrogens (tertiary/aromatic N) is 1. The number of hydrogen-bond donors (Lipinski definition) is 2. The number of thiazole rings is 1. The van der Waals surface area contributed by atoms with Crippen LogP contribution >= 0.6 is 11.3 Å². The van der Waals surface area contributed by atoms with E-state index in [1.165, 1.54) is 11.1 Å². The van der Waals surface area contributed by atoms with Crippen molar-refractivity contribution >= 4 is 17.4 Å². The molecule has 5 nitrogen and oxygen atoms in total. The van der Waals surface area contributed by atoms with Gasteiger partial charge in [-0.15, -0.1) is 11.3 Å². The number of rotatable bonds is 7. The third-order valence-electron chi connectivity index (χ3n) is 3.54. The molecule has 0 saturated carbocycles. The first-order chi connectivity index (χ1) is 11.8. The average molecular weight is 362 g/mol. The zero-order valence-electron chi connectivity index (χ0n) is 15.3. The predicted octanol–water partition coefficient (Wildman–Crippen LogP) is 4.06. The number of nitrogens with one attached hydrogen (secondary N) is 2. The quantitative estimate of drug-likeness (QED) is 0.780. The summed E-state index contributed by atoms with van der Waals surface area (Å²) < 4.78 is 5.22. The molecule has 0 radical (unpaired) electrons. The minimum absolute atomic E-state index is 0.248. The Hall–Kier alpha value is -1.92. The lowest BCUT2D eigenvalue weighted by Crippen LogP contribution is -2.33. The smallest absolute Gasteiger partial charge is 0.407 e. The van der Waals surface area contributed by atoms with Crippen LogP contribution in [0.4, 0.5) is 4.79 Å². The van der Waals surface area contributed by atoms with Gasteiger partial charge in [0.2, 0.25) is 0 Å². The van der Waals surface area contributed by atoms with Gasteiger partial charge in [-0.25, -0.2) is 9.78 Å². The highest BCUT2D eigenvalue weighted by Gasteiger charge is 2.15. The summed E-state index contributed by atoms with van der Waals surface area (Å²) in [4.78, 5) is 15.9. The van der Waals surface area contributed by atoms with E-state index in [9.17, 15) is 4.79 Å². The maximum Gasteiger partial charge on any atom is 0.407 e. The molecule has 0 saturated heterocycles. The molecule has 2 rings (SSSR count). The molecule has 0 aliphatic rings. The van der Waals surface area contributed by atoms with Crippen molar-refractivity contribution < 1.29 is 9.53 Å². The molecule has 1 atom stereocenters. The third-order valence-corrected chi connectivity index (χ3v) is 4.50. The van der Waals surface area contributed by atoms with E-state index in [1.807, 2.05) is 32.3 Å². The minimum atomic E-state index is -0.464. The van der Waals surface area contributed by atoms with Crippen molar-refractivity contribution in [1.82, 2.24) is 15.6 Å². The first kappa shape index (κ1) is 19.4. The van der Waals surface area contributed by atoms with Gasteiger partial charge in [0.25, 0.3) is 0 Å². The van der Waals surface area contributed by atoms with Crippen LogP contribution in [0.15, 0.2) is 35.8 Å². The summed E-state index contributed by atoms with van der Waals surface area (Å²) in [5.74, 6) is 0. The number of amides is 1. The number of alkyl carbamates (subject to hydrolysis) is 1. The molecule has 1 unspecified atom stereocenters. The van der Waals surface area contributed by atoms with Gasteiger partial charge < -0.3 is 15.4 Å². The Balaban J connectivity index is 1.71. The molecule has 1 aromatic carbocycles. The van der Waals surface area contributed by atoms with Crippen LogP contribution in [0, 0.1) is 0 Å². The number of ether oxygens (including phenoxy) is 1. The Bertz CT molecular complexity index is 648. The summed E-state index contributed by atoms with van der Waals surface area (Å²) in [6.07, 6.45) is 2.24. The number of carbonyl (C=O) groups is 1. The van der Waals surface area contributed by atoms with Crippen LogP contribution in [-0.4, -0.2) is 23.2 Å². The average Bonchev–Trinajstić information content (AvgIpc) is 3.06. The van der Waals surface area contributed by atoms with E-state index >= 15 is 0 Å². The van der Waals surface area contributed by atoms with E-state index in [0.717, 1.165) is 18.0 Å². The lowest BCUT2D eigenvalue weighted by Gasteiger charge is -2.19. The Kier molecular flexibility index (Phi) is 6.96. The Morgan fingerprint density at radius 3 is 2.52 bits per heavy atom. The van der Waals surface area contributed by atoms with E-state index in [1.54, 1.807) is 11.3 Å². The van der Waals surface area contributed by atoms with E-state index in [0.29, 0.717) is 6.54 Å². The second-order valence-electron chi connectivity index (χ2n) is 6.97. The summed E-state index contributed by atoms with van der Waals surface area (Å²) in [5, 5.41) is 9.35. The molecule has 1 aromatic heterocycles. The fraction of sp³-hybridized carbons (Fsp3) is 0.474. The molecule has 0 spiro atoms. The Labute approximate surface area is 153 Å². The SMILES string of the molecule is CC(NCc1ccc(CCNC(=O)OC(C)(C)C)cc1)c1nccs1. The van der Waals surface area contributed by atoms with Gasteiger partial charge in [0, 0.05) is 24.7 Å². The maximum atomic E-state index is 11.6. The van der Waals surface area contributed by atoms with Crippen molar-refractivity contribution in [3.63, 3.8) is 0 Å².